The van der Waals surface area contributed by atoms with Crippen LogP contribution in [0.25, 0.3) is 0 Å². The molecule has 2 aromatic rings. The summed E-state index contributed by atoms with van der Waals surface area (Å²) < 4.78 is 13.8. The molecule has 4 aliphatic rings. The molecule has 5 heterocycles. The number of alkyl halides is 1. The van der Waals surface area contributed by atoms with Gasteiger partial charge in [-0.2, -0.15) is 0 Å². The third kappa shape index (κ3) is 3.80. The fourth-order valence-electron chi connectivity index (χ4n) is 5.01. The van der Waals surface area contributed by atoms with E-state index in [1.807, 2.05) is 11.1 Å². The lowest BCUT2D eigenvalue weighted by Gasteiger charge is -2.35. The van der Waals surface area contributed by atoms with Gasteiger partial charge in [0.25, 0.3) is 0 Å². The van der Waals surface area contributed by atoms with Gasteiger partial charge in [-0.05, 0) is 25.7 Å². The van der Waals surface area contributed by atoms with Gasteiger partial charge in [-0.25, -0.2) is 14.4 Å². The van der Waals surface area contributed by atoms with E-state index in [2.05, 4.69) is 37.6 Å². The van der Waals surface area contributed by atoms with E-state index in [4.69, 9.17) is 4.98 Å². The van der Waals surface area contributed by atoms with E-state index in [1.165, 1.54) is 12.8 Å². The SMILES string of the molecule is OC1CN(c2cc(N3CC4CC3CN4)cc(Nc3cnc(C4CC4)cn3)n2)CCC1F. The van der Waals surface area contributed by atoms with Crippen LogP contribution in [0, 0.1) is 0 Å². The van der Waals surface area contributed by atoms with E-state index in [0.29, 0.717) is 42.6 Å². The maximum absolute atomic E-state index is 13.8. The van der Waals surface area contributed by atoms with Gasteiger partial charge in [0.1, 0.15) is 29.7 Å². The Bertz CT molecular complexity index is 953. The zero-order valence-corrected chi connectivity index (χ0v) is 17.4. The molecule has 0 amide bonds. The Balaban J connectivity index is 1.29. The number of fused-ring (bicyclic) bond motifs is 2. The van der Waals surface area contributed by atoms with Crippen molar-refractivity contribution in [3.05, 3.63) is 30.2 Å². The van der Waals surface area contributed by atoms with Crippen molar-refractivity contribution < 1.29 is 9.50 Å². The Morgan fingerprint density at radius 2 is 2.00 bits per heavy atom. The largest absolute Gasteiger partial charge is 0.388 e. The molecule has 4 atom stereocenters. The number of pyridine rings is 1. The van der Waals surface area contributed by atoms with Crippen LogP contribution in [0.4, 0.5) is 27.5 Å². The Hall–Kier alpha value is -2.52. The summed E-state index contributed by atoms with van der Waals surface area (Å²) in [6, 6.07) is 5.13. The first-order chi connectivity index (χ1) is 15.1. The highest BCUT2D eigenvalue weighted by atomic mass is 19.1. The molecule has 4 fully saturated rings. The topological polar surface area (TPSA) is 89.4 Å². The molecule has 1 saturated carbocycles. The molecule has 164 valence electrons. The number of hydrogen-bond donors (Lipinski definition) is 3. The van der Waals surface area contributed by atoms with E-state index in [-0.39, 0.29) is 6.54 Å². The first-order valence-electron chi connectivity index (χ1n) is 11.3. The lowest BCUT2D eigenvalue weighted by atomic mass is 10.1. The van der Waals surface area contributed by atoms with Gasteiger partial charge in [0.15, 0.2) is 0 Å². The summed E-state index contributed by atoms with van der Waals surface area (Å²) in [6.07, 6.45) is 5.31. The summed E-state index contributed by atoms with van der Waals surface area (Å²) in [5.74, 6) is 2.67. The van der Waals surface area contributed by atoms with E-state index >= 15 is 0 Å². The highest BCUT2D eigenvalue weighted by molar-refractivity contribution is 5.66. The minimum atomic E-state index is -1.17. The van der Waals surface area contributed by atoms with Crippen LogP contribution >= 0.6 is 0 Å². The van der Waals surface area contributed by atoms with Crippen LogP contribution in [0.3, 0.4) is 0 Å². The number of nitrogens with zero attached hydrogens (tertiary/aromatic N) is 5. The average Bonchev–Trinajstić information content (AvgIpc) is 3.41. The van der Waals surface area contributed by atoms with Gasteiger partial charge in [0.2, 0.25) is 0 Å². The zero-order chi connectivity index (χ0) is 20.9. The maximum Gasteiger partial charge on any atom is 0.150 e. The lowest BCUT2D eigenvalue weighted by Crippen LogP contribution is -2.46. The van der Waals surface area contributed by atoms with Crippen molar-refractivity contribution in [2.24, 2.45) is 0 Å². The van der Waals surface area contributed by atoms with Gasteiger partial charge in [-0.15, -0.1) is 0 Å². The monoisotopic (exact) mass is 425 g/mol. The summed E-state index contributed by atoms with van der Waals surface area (Å²) in [7, 11) is 0. The molecule has 9 heteroatoms. The number of nitrogens with one attached hydrogen (secondary N) is 2. The molecule has 31 heavy (non-hydrogen) atoms. The molecule has 0 radical (unpaired) electrons. The predicted molar refractivity (Wildman–Crippen MR) is 117 cm³/mol. The number of anilines is 4. The second-order valence-electron chi connectivity index (χ2n) is 9.26. The number of rotatable bonds is 5. The fourth-order valence-corrected chi connectivity index (χ4v) is 5.01. The number of piperazine rings is 1. The van der Waals surface area contributed by atoms with Crippen LogP contribution < -0.4 is 20.4 Å². The van der Waals surface area contributed by atoms with E-state index in [1.54, 1.807) is 6.20 Å². The van der Waals surface area contributed by atoms with E-state index in [9.17, 15) is 9.50 Å². The summed E-state index contributed by atoms with van der Waals surface area (Å²) in [5, 5.41) is 16.9. The van der Waals surface area contributed by atoms with Crippen molar-refractivity contribution in [1.29, 1.82) is 0 Å². The van der Waals surface area contributed by atoms with Crippen LogP contribution in [0.15, 0.2) is 24.5 Å². The van der Waals surface area contributed by atoms with Gasteiger partial charge >= 0.3 is 0 Å². The number of aromatic nitrogens is 3. The van der Waals surface area contributed by atoms with Crippen molar-refractivity contribution in [2.45, 2.75) is 56.0 Å². The average molecular weight is 426 g/mol. The summed E-state index contributed by atoms with van der Waals surface area (Å²) in [4.78, 5) is 18.3. The Morgan fingerprint density at radius 3 is 2.68 bits per heavy atom. The summed E-state index contributed by atoms with van der Waals surface area (Å²) >= 11 is 0. The number of halogens is 1. The van der Waals surface area contributed by atoms with Crippen molar-refractivity contribution in [3.63, 3.8) is 0 Å². The second-order valence-corrected chi connectivity index (χ2v) is 9.26. The number of hydrogen-bond acceptors (Lipinski definition) is 8. The van der Waals surface area contributed by atoms with Crippen molar-refractivity contribution in [2.75, 3.05) is 41.3 Å². The molecule has 0 spiro atoms. The van der Waals surface area contributed by atoms with E-state index in [0.717, 1.165) is 36.7 Å². The molecular formula is C22H28FN7O. The highest BCUT2D eigenvalue weighted by Gasteiger charge is 2.38. The minimum Gasteiger partial charge on any atom is -0.388 e. The third-order valence-electron chi connectivity index (χ3n) is 6.93. The van der Waals surface area contributed by atoms with Gasteiger partial charge in [0, 0.05) is 62.0 Å². The molecule has 0 aromatic carbocycles. The molecule has 2 bridgehead atoms. The maximum atomic E-state index is 13.8. The smallest absolute Gasteiger partial charge is 0.150 e. The number of piperidine rings is 1. The molecule has 2 aromatic heterocycles. The van der Waals surface area contributed by atoms with Gasteiger partial charge in [-0.3, -0.25) is 4.98 Å². The Kier molecular flexibility index (Phi) is 4.68. The van der Waals surface area contributed by atoms with Gasteiger partial charge in [0.05, 0.1) is 18.1 Å². The van der Waals surface area contributed by atoms with Crippen LogP contribution in [0.1, 0.15) is 37.3 Å². The lowest BCUT2D eigenvalue weighted by molar-refractivity contribution is 0.0643. The first kappa shape index (κ1) is 19.2. The quantitative estimate of drug-likeness (QED) is 0.670. The van der Waals surface area contributed by atoms with Crippen LogP contribution in [-0.2, 0) is 0 Å². The van der Waals surface area contributed by atoms with Crippen molar-refractivity contribution in [3.8, 4) is 0 Å². The standard InChI is InChI=1S/C22H28FN7O/c23-17-3-4-29(12-19(17)31)22-7-15(30-11-14-5-16(30)8-24-14)6-20(28-22)27-21-10-25-18(9-26-21)13-1-2-13/h6-7,9-10,13-14,16-17,19,24,31H,1-5,8,11-12H2,(H,26,27,28). The summed E-state index contributed by atoms with van der Waals surface area (Å²) in [6.45, 7) is 2.75. The Morgan fingerprint density at radius 1 is 1.10 bits per heavy atom. The number of aliphatic hydroxyl groups excluding tert-OH is 1. The number of β-amino-alcohol motifs (C(OH)–C–C–N with tert-alkyl or cyclic N) is 1. The minimum absolute atomic E-state index is 0.251. The van der Waals surface area contributed by atoms with Gasteiger partial charge < -0.3 is 25.5 Å². The first-order valence-corrected chi connectivity index (χ1v) is 11.3. The van der Waals surface area contributed by atoms with Crippen molar-refractivity contribution in [1.82, 2.24) is 20.3 Å². The predicted octanol–water partition coefficient (Wildman–Crippen LogP) is 1.95. The van der Waals surface area contributed by atoms with Crippen LogP contribution in [0.2, 0.25) is 0 Å². The third-order valence-corrected chi connectivity index (χ3v) is 6.93. The van der Waals surface area contributed by atoms with Crippen molar-refractivity contribution >= 4 is 23.1 Å². The van der Waals surface area contributed by atoms with Crippen LogP contribution in [0.5, 0.6) is 0 Å². The highest BCUT2D eigenvalue weighted by Crippen LogP contribution is 2.39. The fraction of sp³-hybridized carbons (Fsp3) is 0.591. The van der Waals surface area contributed by atoms with Gasteiger partial charge in [-0.1, -0.05) is 0 Å². The zero-order valence-electron chi connectivity index (χ0n) is 17.4. The normalized spacial score (nSPS) is 30.1. The number of aliphatic hydroxyl groups is 1. The molecule has 1 aliphatic carbocycles. The molecule has 3 aliphatic heterocycles. The molecule has 8 nitrogen and oxygen atoms in total. The van der Waals surface area contributed by atoms with E-state index < -0.39 is 12.3 Å². The molecular weight excluding hydrogens is 397 g/mol. The molecule has 3 saturated heterocycles. The summed E-state index contributed by atoms with van der Waals surface area (Å²) in [5.41, 5.74) is 2.15. The van der Waals surface area contributed by atoms with Crippen LogP contribution in [-0.4, -0.2) is 70.6 Å². The molecule has 3 N–H and O–H groups in total. The molecule has 6 rings (SSSR count). The Labute approximate surface area is 180 Å². The molecule has 4 unspecified atom stereocenters. The second kappa shape index (κ2) is 7.56.